The third-order valence-corrected chi connectivity index (χ3v) is 3.78. The lowest BCUT2D eigenvalue weighted by atomic mass is 9.97. The summed E-state index contributed by atoms with van der Waals surface area (Å²) < 4.78 is 0. The molecule has 0 fully saturated rings. The molecule has 1 heterocycles. The zero-order valence-electron chi connectivity index (χ0n) is 12.0. The number of carbonyl (C=O) groups is 2. The van der Waals surface area contributed by atoms with E-state index in [0.717, 1.165) is 30.4 Å². The van der Waals surface area contributed by atoms with Crippen molar-refractivity contribution < 1.29 is 14.7 Å². The lowest BCUT2D eigenvalue weighted by Gasteiger charge is -2.29. The summed E-state index contributed by atoms with van der Waals surface area (Å²) in [5.74, 6) is 1.76. The molecule has 1 amide bonds. The number of rotatable bonds is 5. The van der Waals surface area contributed by atoms with Crippen molar-refractivity contribution in [2.24, 2.45) is 0 Å². The second-order valence-electron chi connectivity index (χ2n) is 5.27. The van der Waals surface area contributed by atoms with Crippen molar-refractivity contribution in [1.82, 2.24) is 4.90 Å². The summed E-state index contributed by atoms with van der Waals surface area (Å²) in [5.41, 5.74) is 2.35. The number of carboxylic acids is 1. The van der Waals surface area contributed by atoms with Gasteiger partial charge in [0.05, 0.1) is 5.56 Å². The van der Waals surface area contributed by atoms with Gasteiger partial charge in [-0.3, -0.25) is 4.79 Å². The standard InChI is InChI=1S/C17H19NO3/c1-2-3-4-5-6-16(19)18-10-9-13-7-8-14(17(20)21)11-15(13)12-18/h1,7-8,11H,3-6,9-10,12H2,(H,20,21). The summed E-state index contributed by atoms with van der Waals surface area (Å²) >= 11 is 0. The van der Waals surface area contributed by atoms with Crippen LogP contribution in [0, 0.1) is 12.3 Å². The van der Waals surface area contributed by atoms with E-state index in [4.69, 9.17) is 11.5 Å². The minimum absolute atomic E-state index is 0.124. The number of amides is 1. The average Bonchev–Trinajstić information content (AvgIpc) is 2.50. The van der Waals surface area contributed by atoms with Gasteiger partial charge in [0.1, 0.15) is 0 Å². The van der Waals surface area contributed by atoms with E-state index < -0.39 is 5.97 Å². The lowest BCUT2D eigenvalue weighted by molar-refractivity contribution is -0.132. The van der Waals surface area contributed by atoms with E-state index in [-0.39, 0.29) is 11.5 Å². The molecular formula is C17H19NO3. The Morgan fingerprint density at radius 2 is 2.10 bits per heavy atom. The molecular weight excluding hydrogens is 266 g/mol. The highest BCUT2D eigenvalue weighted by atomic mass is 16.4. The molecule has 0 aromatic heterocycles. The third-order valence-electron chi connectivity index (χ3n) is 3.78. The van der Waals surface area contributed by atoms with Crippen LogP contribution < -0.4 is 0 Å². The largest absolute Gasteiger partial charge is 0.478 e. The van der Waals surface area contributed by atoms with Crippen LogP contribution in [0.4, 0.5) is 0 Å². The van der Waals surface area contributed by atoms with Crippen molar-refractivity contribution in [3.05, 3.63) is 34.9 Å². The van der Waals surface area contributed by atoms with Crippen molar-refractivity contribution in [2.45, 2.75) is 38.6 Å². The first kappa shape index (κ1) is 15.1. The van der Waals surface area contributed by atoms with Crippen molar-refractivity contribution in [1.29, 1.82) is 0 Å². The number of benzene rings is 1. The fraction of sp³-hybridized carbons (Fsp3) is 0.412. The van der Waals surface area contributed by atoms with E-state index in [2.05, 4.69) is 5.92 Å². The van der Waals surface area contributed by atoms with Crippen LogP contribution in [0.1, 0.15) is 47.2 Å². The number of carboxylic acid groups (broad SMARTS) is 1. The van der Waals surface area contributed by atoms with Gasteiger partial charge in [-0.1, -0.05) is 6.07 Å². The first-order valence-corrected chi connectivity index (χ1v) is 7.18. The molecule has 21 heavy (non-hydrogen) atoms. The minimum atomic E-state index is -0.935. The first-order valence-electron chi connectivity index (χ1n) is 7.18. The average molecular weight is 285 g/mol. The molecule has 1 aliphatic rings. The molecule has 110 valence electrons. The van der Waals surface area contributed by atoms with E-state index in [9.17, 15) is 9.59 Å². The number of fused-ring (bicyclic) bond motifs is 1. The number of hydrogen-bond donors (Lipinski definition) is 1. The Morgan fingerprint density at radius 3 is 2.81 bits per heavy atom. The summed E-state index contributed by atoms with van der Waals surface area (Å²) in [5, 5.41) is 9.03. The zero-order valence-corrected chi connectivity index (χ0v) is 12.0. The minimum Gasteiger partial charge on any atom is -0.478 e. The van der Waals surface area contributed by atoms with E-state index in [0.29, 0.717) is 25.9 Å². The molecule has 0 aliphatic carbocycles. The molecule has 1 aliphatic heterocycles. The smallest absolute Gasteiger partial charge is 0.335 e. The molecule has 0 spiro atoms. The molecule has 0 bridgehead atoms. The molecule has 4 heteroatoms. The van der Waals surface area contributed by atoms with Crippen LogP contribution in [0.2, 0.25) is 0 Å². The molecule has 1 N–H and O–H groups in total. The van der Waals surface area contributed by atoms with Crippen LogP contribution in [0.25, 0.3) is 0 Å². The molecule has 4 nitrogen and oxygen atoms in total. The van der Waals surface area contributed by atoms with E-state index in [1.807, 2.05) is 11.0 Å². The van der Waals surface area contributed by atoms with Crippen LogP contribution >= 0.6 is 0 Å². The van der Waals surface area contributed by atoms with Crippen LogP contribution in [0.15, 0.2) is 18.2 Å². The molecule has 1 aromatic rings. The number of hydrogen-bond acceptors (Lipinski definition) is 2. The van der Waals surface area contributed by atoms with Gasteiger partial charge in [-0.05, 0) is 42.5 Å². The molecule has 0 saturated heterocycles. The highest BCUT2D eigenvalue weighted by molar-refractivity contribution is 5.88. The predicted molar refractivity (Wildman–Crippen MR) is 79.8 cm³/mol. The van der Waals surface area contributed by atoms with Crippen molar-refractivity contribution in [2.75, 3.05) is 6.54 Å². The molecule has 0 atom stereocenters. The van der Waals surface area contributed by atoms with Gasteiger partial charge in [0.25, 0.3) is 0 Å². The number of nitrogens with zero attached hydrogens (tertiary/aromatic N) is 1. The highest BCUT2D eigenvalue weighted by Crippen LogP contribution is 2.21. The Bertz CT molecular complexity index is 586. The van der Waals surface area contributed by atoms with Crippen molar-refractivity contribution >= 4 is 11.9 Å². The van der Waals surface area contributed by atoms with Gasteiger partial charge in [0, 0.05) is 25.9 Å². The molecule has 2 rings (SSSR count). The second kappa shape index (κ2) is 6.94. The zero-order chi connectivity index (χ0) is 15.2. The van der Waals surface area contributed by atoms with Gasteiger partial charge < -0.3 is 10.0 Å². The number of aromatic carboxylic acids is 1. The van der Waals surface area contributed by atoms with Gasteiger partial charge in [0.15, 0.2) is 0 Å². The Kier molecular flexibility index (Phi) is 4.99. The van der Waals surface area contributed by atoms with Crippen LogP contribution in [-0.2, 0) is 17.8 Å². The maximum absolute atomic E-state index is 12.1. The Labute approximate surface area is 124 Å². The second-order valence-corrected chi connectivity index (χ2v) is 5.27. The molecule has 0 radical (unpaired) electrons. The number of unbranched alkanes of at least 4 members (excludes halogenated alkanes) is 2. The Hall–Kier alpha value is -2.28. The van der Waals surface area contributed by atoms with Crippen LogP contribution in [-0.4, -0.2) is 28.4 Å². The topological polar surface area (TPSA) is 57.6 Å². The quantitative estimate of drug-likeness (QED) is 0.668. The summed E-state index contributed by atoms with van der Waals surface area (Å²) in [7, 11) is 0. The van der Waals surface area contributed by atoms with Gasteiger partial charge in [0.2, 0.25) is 5.91 Å². The Balaban J connectivity index is 1.98. The number of carbonyl (C=O) groups excluding carboxylic acids is 1. The van der Waals surface area contributed by atoms with Gasteiger partial charge in [-0.15, -0.1) is 12.3 Å². The van der Waals surface area contributed by atoms with Gasteiger partial charge in [-0.2, -0.15) is 0 Å². The SMILES string of the molecule is C#CCCCCC(=O)N1CCc2ccc(C(=O)O)cc2C1. The summed E-state index contributed by atoms with van der Waals surface area (Å²) in [6.07, 6.45) is 8.86. The fourth-order valence-electron chi connectivity index (χ4n) is 2.56. The normalized spacial score (nSPS) is 13.4. The van der Waals surface area contributed by atoms with Gasteiger partial charge >= 0.3 is 5.97 Å². The summed E-state index contributed by atoms with van der Waals surface area (Å²) in [4.78, 5) is 25.0. The van der Waals surface area contributed by atoms with Crippen LogP contribution in [0.3, 0.4) is 0 Å². The monoisotopic (exact) mass is 285 g/mol. The Morgan fingerprint density at radius 1 is 1.29 bits per heavy atom. The molecule has 1 aromatic carbocycles. The molecule has 0 unspecified atom stereocenters. The van der Waals surface area contributed by atoms with Gasteiger partial charge in [-0.25, -0.2) is 4.79 Å². The maximum Gasteiger partial charge on any atom is 0.335 e. The highest BCUT2D eigenvalue weighted by Gasteiger charge is 2.21. The summed E-state index contributed by atoms with van der Waals surface area (Å²) in [6.45, 7) is 1.21. The maximum atomic E-state index is 12.1. The summed E-state index contributed by atoms with van der Waals surface area (Å²) in [6, 6.07) is 5.15. The third kappa shape index (κ3) is 3.85. The number of terminal acetylenes is 1. The van der Waals surface area contributed by atoms with Crippen LogP contribution in [0.5, 0.6) is 0 Å². The van der Waals surface area contributed by atoms with E-state index >= 15 is 0 Å². The molecule has 0 saturated carbocycles. The van der Waals surface area contributed by atoms with E-state index in [1.165, 1.54) is 0 Å². The predicted octanol–water partition coefficient (Wildman–Crippen LogP) is 2.46. The fourth-order valence-corrected chi connectivity index (χ4v) is 2.56. The van der Waals surface area contributed by atoms with E-state index in [1.54, 1.807) is 12.1 Å². The first-order chi connectivity index (χ1) is 10.1. The lowest BCUT2D eigenvalue weighted by Crippen LogP contribution is -2.35. The van der Waals surface area contributed by atoms with Crippen molar-refractivity contribution in [3.8, 4) is 12.3 Å². The van der Waals surface area contributed by atoms with Crippen molar-refractivity contribution in [3.63, 3.8) is 0 Å².